The van der Waals surface area contributed by atoms with Gasteiger partial charge in [-0.05, 0) is 23.3 Å². The molecule has 2 aromatic heterocycles. The molecule has 6 nitrogen and oxygen atoms in total. The minimum atomic E-state index is -0.506. The van der Waals surface area contributed by atoms with Crippen LogP contribution in [0.4, 0.5) is 4.79 Å². The highest BCUT2D eigenvalue weighted by Gasteiger charge is 2.37. The third-order valence-electron chi connectivity index (χ3n) is 3.93. The Hall–Kier alpha value is -3.28. The van der Waals surface area contributed by atoms with Crippen molar-refractivity contribution in [3.8, 4) is 11.1 Å². The molecule has 1 amide bonds. The predicted octanol–water partition coefficient (Wildman–Crippen LogP) is 3.06. The van der Waals surface area contributed by atoms with E-state index in [1.54, 1.807) is 24.7 Å². The SMILES string of the molecule is O=C1N[C@@H](c2cncc(-c3ccccc3)c2)[C@H](c2ccncn2)O1. The van der Waals surface area contributed by atoms with E-state index in [0.717, 1.165) is 16.7 Å². The molecule has 118 valence electrons. The van der Waals surface area contributed by atoms with Gasteiger partial charge in [-0.2, -0.15) is 0 Å². The Morgan fingerprint density at radius 2 is 1.88 bits per heavy atom. The second-order valence-electron chi connectivity index (χ2n) is 5.46. The summed E-state index contributed by atoms with van der Waals surface area (Å²) in [7, 11) is 0. The van der Waals surface area contributed by atoms with Gasteiger partial charge in [-0.25, -0.2) is 14.8 Å². The fourth-order valence-corrected chi connectivity index (χ4v) is 2.79. The Morgan fingerprint density at radius 3 is 2.67 bits per heavy atom. The van der Waals surface area contributed by atoms with Gasteiger partial charge in [-0.1, -0.05) is 30.3 Å². The van der Waals surface area contributed by atoms with Crippen LogP contribution in [0.1, 0.15) is 23.4 Å². The summed E-state index contributed by atoms with van der Waals surface area (Å²) in [5, 5.41) is 2.84. The van der Waals surface area contributed by atoms with Gasteiger partial charge in [0.1, 0.15) is 12.4 Å². The van der Waals surface area contributed by atoms with Gasteiger partial charge in [0.25, 0.3) is 0 Å². The highest BCUT2D eigenvalue weighted by molar-refractivity contribution is 5.71. The Balaban J connectivity index is 1.71. The van der Waals surface area contributed by atoms with Gasteiger partial charge >= 0.3 is 6.09 Å². The number of hydrogen-bond donors (Lipinski definition) is 1. The zero-order valence-corrected chi connectivity index (χ0v) is 12.7. The number of carbonyl (C=O) groups excluding carboxylic acids is 1. The van der Waals surface area contributed by atoms with Crippen molar-refractivity contribution in [2.24, 2.45) is 0 Å². The number of ether oxygens (including phenoxy) is 1. The highest BCUT2D eigenvalue weighted by Crippen LogP contribution is 2.36. The lowest BCUT2D eigenvalue weighted by Gasteiger charge is -2.17. The Bertz CT molecular complexity index is 855. The lowest BCUT2D eigenvalue weighted by molar-refractivity contribution is 0.129. The van der Waals surface area contributed by atoms with Crippen molar-refractivity contribution in [2.75, 3.05) is 0 Å². The Morgan fingerprint density at radius 1 is 1.00 bits per heavy atom. The maximum Gasteiger partial charge on any atom is 0.408 e. The summed E-state index contributed by atoms with van der Waals surface area (Å²) in [6, 6.07) is 13.4. The number of aromatic nitrogens is 3. The number of nitrogens with one attached hydrogen (secondary N) is 1. The molecule has 0 unspecified atom stereocenters. The van der Waals surface area contributed by atoms with Gasteiger partial charge in [0.15, 0.2) is 6.10 Å². The lowest BCUT2D eigenvalue weighted by Crippen LogP contribution is -2.20. The number of carbonyl (C=O) groups is 1. The zero-order valence-electron chi connectivity index (χ0n) is 12.7. The minimum Gasteiger partial charge on any atom is -0.437 e. The third-order valence-corrected chi connectivity index (χ3v) is 3.93. The van der Waals surface area contributed by atoms with Crippen LogP contribution in [0.5, 0.6) is 0 Å². The quantitative estimate of drug-likeness (QED) is 0.803. The first-order valence-electron chi connectivity index (χ1n) is 7.55. The second kappa shape index (κ2) is 6.08. The van der Waals surface area contributed by atoms with Gasteiger partial charge < -0.3 is 10.1 Å². The molecule has 1 aromatic carbocycles. The number of amides is 1. The van der Waals surface area contributed by atoms with Crippen LogP contribution < -0.4 is 5.32 Å². The first-order chi connectivity index (χ1) is 11.8. The van der Waals surface area contributed by atoms with Crippen LogP contribution in [0.3, 0.4) is 0 Å². The lowest BCUT2D eigenvalue weighted by atomic mass is 9.98. The Labute approximate surface area is 138 Å². The molecule has 4 rings (SSSR count). The standard InChI is InChI=1S/C18H14N4O2/c23-18-22-16(17(24-18)15-6-7-19-11-21-15)14-8-13(9-20-10-14)12-4-2-1-3-5-12/h1-11,16-17H,(H,22,23)/t16-,17-/m0/s1. The van der Waals surface area contributed by atoms with Crippen LogP contribution in [-0.2, 0) is 4.74 Å². The van der Waals surface area contributed by atoms with Crippen molar-refractivity contribution >= 4 is 6.09 Å². The maximum atomic E-state index is 11.8. The smallest absolute Gasteiger partial charge is 0.408 e. The molecule has 1 saturated heterocycles. The van der Waals surface area contributed by atoms with Gasteiger partial charge in [-0.3, -0.25) is 4.98 Å². The van der Waals surface area contributed by atoms with Gasteiger partial charge in [0.2, 0.25) is 0 Å². The number of rotatable bonds is 3. The average Bonchev–Trinajstić information content (AvgIpc) is 3.05. The summed E-state index contributed by atoms with van der Waals surface area (Å²) in [5.74, 6) is 0. The van der Waals surface area contributed by atoms with Crippen molar-refractivity contribution < 1.29 is 9.53 Å². The van der Waals surface area contributed by atoms with E-state index < -0.39 is 12.2 Å². The summed E-state index contributed by atoms with van der Waals surface area (Å²) in [6.07, 6.45) is 5.64. The summed E-state index contributed by atoms with van der Waals surface area (Å²) < 4.78 is 5.39. The fraction of sp³-hybridized carbons (Fsp3) is 0.111. The average molecular weight is 318 g/mol. The number of cyclic esters (lactones) is 1. The molecule has 3 aromatic rings. The normalized spacial score (nSPS) is 19.6. The van der Waals surface area contributed by atoms with Crippen molar-refractivity contribution in [2.45, 2.75) is 12.1 Å². The van der Waals surface area contributed by atoms with Crippen molar-refractivity contribution in [3.05, 3.63) is 78.6 Å². The van der Waals surface area contributed by atoms with Crippen LogP contribution in [0, 0.1) is 0 Å². The molecular formula is C18H14N4O2. The number of nitrogens with zero attached hydrogens (tertiary/aromatic N) is 3. The molecule has 1 fully saturated rings. The van der Waals surface area contributed by atoms with E-state index in [0.29, 0.717) is 5.69 Å². The molecule has 1 aliphatic rings. The minimum absolute atomic E-state index is 0.344. The fourth-order valence-electron chi connectivity index (χ4n) is 2.79. The van der Waals surface area contributed by atoms with Crippen LogP contribution in [0.15, 0.2) is 67.4 Å². The van der Waals surface area contributed by atoms with E-state index >= 15 is 0 Å². The molecule has 6 heteroatoms. The van der Waals surface area contributed by atoms with Gasteiger partial charge in [0.05, 0.1) is 5.69 Å². The molecule has 0 saturated carbocycles. The Kier molecular flexibility index (Phi) is 3.63. The van der Waals surface area contributed by atoms with Crippen LogP contribution >= 0.6 is 0 Å². The molecular weight excluding hydrogens is 304 g/mol. The summed E-state index contributed by atoms with van der Waals surface area (Å²) in [6.45, 7) is 0. The molecule has 0 spiro atoms. The summed E-state index contributed by atoms with van der Waals surface area (Å²) in [4.78, 5) is 24.2. The van der Waals surface area contributed by atoms with Gasteiger partial charge in [-0.15, -0.1) is 0 Å². The zero-order chi connectivity index (χ0) is 16.4. The molecule has 1 aliphatic heterocycles. The van der Waals surface area contributed by atoms with E-state index in [2.05, 4.69) is 20.3 Å². The van der Waals surface area contributed by atoms with Crippen molar-refractivity contribution in [1.82, 2.24) is 20.3 Å². The van der Waals surface area contributed by atoms with E-state index in [9.17, 15) is 4.79 Å². The second-order valence-corrected chi connectivity index (χ2v) is 5.46. The third kappa shape index (κ3) is 2.69. The van der Waals surface area contributed by atoms with Crippen molar-refractivity contribution in [3.63, 3.8) is 0 Å². The molecule has 0 bridgehead atoms. The number of pyridine rings is 1. The van der Waals surface area contributed by atoms with E-state index in [1.807, 2.05) is 36.4 Å². The number of benzene rings is 1. The highest BCUT2D eigenvalue weighted by atomic mass is 16.6. The molecule has 2 atom stereocenters. The summed E-state index contributed by atoms with van der Waals surface area (Å²) >= 11 is 0. The van der Waals surface area contributed by atoms with Crippen molar-refractivity contribution in [1.29, 1.82) is 0 Å². The molecule has 0 aliphatic carbocycles. The summed E-state index contributed by atoms with van der Waals surface area (Å²) in [5.41, 5.74) is 3.57. The maximum absolute atomic E-state index is 11.8. The van der Waals surface area contributed by atoms with E-state index in [1.165, 1.54) is 6.33 Å². The molecule has 24 heavy (non-hydrogen) atoms. The first kappa shape index (κ1) is 14.3. The molecule has 3 heterocycles. The monoisotopic (exact) mass is 318 g/mol. The first-order valence-corrected chi connectivity index (χ1v) is 7.55. The van der Waals surface area contributed by atoms with Crippen LogP contribution in [0.25, 0.3) is 11.1 Å². The van der Waals surface area contributed by atoms with Crippen LogP contribution in [0.2, 0.25) is 0 Å². The van der Waals surface area contributed by atoms with E-state index in [-0.39, 0.29) is 6.04 Å². The predicted molar refractivity (Wildman–Crippen MR) is 86.8 cm³/mol. The molecule has 0 radical (unpaired) electrons. The topological polar surface area (TPSA) is 77.0 Å². The number of alkyl carbamates (subject to hydrolysis) is 1. The molecule has 1 N–H and O–H groups in total. The van der Waals surface area contributed by atoms with E-state index in [4.69, 9.17) is 4.74 Å². The number of hydrogen-bond acceptors (Lipinski definition) is 5. The van der Waals surface area contributed by atoms with Crippen LogP contribution in [-0.4, -0.2) is 21.0 Å². The van der Waals surface area contributed by atoms with Gasteiger partial charge in [0, 0.05) is 24.2 Å². The largest absolute Gasteiger partial charge is 0.437 e.